The van der Waals surface area contributed by atoms with Crippen molar-refractivity contribution in [2.45, 2.75) is 13.1 Å². The van der Waals surface area contributed by atoms with Gasteiger partial charge in [0.25, 0.3) is 0 Å². The Balaban J connectivity index is 1.50. The third-order valence-corrected chi connectivity index (χ3v) is 4.59. The topological polar surface area (TPSA) is 21.8 Å². The molecule has 3 nitrogen and oxygen atoms in total. The molecular formula is C17H22ClN3+2. The quantitative estimate of drug-likeness (QED) is 0.829. The van der Waals surface area contributed by atoms with E-state index < -0.39 is 0 Å². The minimum atomic E-state index is 0.897. The summed E-state index contributed by atoms with van der Waals surface area (Å²) in [6.07, 6.45) is 1.88. The number of hydrogen-bond donors (Lipinski definition) is 2. The molecule has 1 aromatic heterocycles. The number of rotatable bonds is 4. The average Bonchev–Trinajstić information content (AvgIpc) is 2.52. The van der Waals surface area contributed by atoms with Crippen molar-refractivity contribution in [1.82, 2.24) is 4.98 Å². The Morgan fingerprint density at radius 1 is 0.857 bits per heavy atom. The van der Waals surface area contributed by atoms with Gasteiger partial charge in [-0.3, -0.25) is 4.98 Å². The van der Waals surface area contributed by atoms with Crippen LogP contribution in [0.3, 0.4) is 0 Å². The van der Waals surface area contributed by atoms with Crippen molar-refractivity contribution in [2.75, 3.05) is 26.2 Å². The lowest BCUT2D eigenvalue weighted by atomic mass is 10.2. The van der Waals surface area contributed by atoms with Crippen molar-refractivity contribution in [2.24, 2.45) is 0 Å². The second-order valence-corrected chi connectivity index (χ2v) is 6.17. The fourth-order valence-corrected chi connectivity index (χ4v) is 3.18. The standard InChI is InChI=1S/C17H20ClN3/c18-17-7-2-1-5-15(17)13-20-9-11-21(12-10-20)14-16-6-3-4-8-19-16/h1-8H,9-14H2/p+2. The molecule has 2 aromatic rings. The molecule has 1 aliphatic heterocycles. The third kappa shape index (κ3) is 4.03. The van der Waals surface area contributed by atoms with Crippen molar-refractivity contribution in [3.8, 4) is 0 Å². The minimum absolute atomic E-state index is 0.897. The van der Waals surface area contributed by atoms with Gasteiger partial charge in [0.2, 0.25) is 0 Å². The van der Waals surface area contributed by atoms with Gasteiger partial charge in [0.15, 0.2) is 0 Å². The number of aromatic nitrogens is 1. The van der Waals surface area contributed by atoms with E-state index in [1.807, 2.05) is 24.4 Å². The monoisotopic (exact) mass is 303 g/mol. The van der Waals surface area contributed by atoms with Crippen molar-refractivity contribution >= 4 is 11.6 Å². The average molecular weight is 304 g/mol. The molecule has 0 bridgehead atoms. The van der Waals surface area contributed by atoms with Gasteiger partial charge >= 0.3 is 0 Å². The van der Waals surface area contributed by atoms with E-state index in [1.165, 1.54) is 37.4 Å². The summed E-state index contributed by atoms with van der Waals surface area (Å²) in [6.45, 7) is 6.89. The molecule has 0 aliphatic carbocycles. The van der Waals surface area contributed by atoms with Gasteiger partial charge < -0.3 is 9.80 Å². The van der Waals surface area contributed by atoms with Crippen LogP contribution < -0.4 is 9.80 Å². The van der Waals surface area contributed by atoms with Crippen LogP contribution in [0.4, 0.5) is 0 Å². The highest BCUT2D eigenvalue weighted by molar-refractivity contribution is 6.31. The van der Waals surface area contributed by atoms with Crippen LogP contribution in [0.1, 0.15) is 11.3 Å². The Labute approximate surface area is 131 Å². The van der Waals surface area contributed by atoms with E-state index in [1.54, 1.807) is 9.80 Å². The largest absolute Gasteiger partial charge is 0.322 e. The predicted molar refractivity (Wildman–Crippen MR) is 84.5 cm³/mol. The van der Waals surface area contributed by atoms with E-state index >= 15 is 0 Å². The summed E-state index contributed by atoms with van der Waals surface area (Å²) in [7, 11) is 0. The lowest BCUT2D eigenvalue weighted by Gasteiger charge is -2.29. The summed E-state index contributed by atoms with van der Waals surface area (Å²) in [5.41, 5.74) is 2.46. The van der Waals surface area contributed by atoms with Crippen LogP contribution in [0.25, 0.3) is 0 Å². The molecule has 4 heteroatoms. The van der Waals surface area contributed by atoms with Crippen molar-refractivity contribution in [1.29, 1.82) is 0 Å². The van der Waals surface area contributed by atoms with Gasteiger partial charge in [-0.1, -0.05) is 35.9 Å². The maximum Gasteiger partial charge on any atom is 0.127 e. The fourth-order valence-electron chi connectivity index (χ4n) is 2.98. The third-order valence-electron chi connectivity index (χ3n) is 4.22. The van der Waals surface area contributed by atoms with Crippen LogP contribution in [-0.2, 0) is 13.1 Å². The van der Waals surface area contributed by atoms with E-state index in [4.69, 9.17) is 11.6 Å². The van der Waals surface area contributed by atoms with Crippen LogP contribution in [-0.4, -0.2) is 31.2 Å². The lowest BCUT2D eigenvalue weighted by Crippen LogP contribution is -3.27. The van der Waals surface area contributed by atoms with Crippen molar-refractivity contribution in [3.63, 3.8) is 0 Å². The second kappa shape index (κ2) is 7.03. The number of hydrogen-bond acceptors (Lipinski definition) is 1. The van der Waals surface area contributed by atoms with Crippen LogP contribution in [0.5, 0.6) is 0 Å². The summed E-state index contributed by atoms with van der Waals surface area (Å²) in [5, 5.41) is 0.897. The van der Waals surface area contributed by atoms with E-state index in [0.717, 1.165) is 18.1 Å². The molecule has 21 heavy (non-hydrogen) atoms. The first kappa shape index (κ1) is 14.5. The van der Waals surface area contributed by atoms with E-state index in [-0.39, 0.29) is 0 Å². The lowest BCUT2D eigenvalue weighted by molar-refractivity contribution is -1.02. The number of benzene rings is 1. The zero-order valence-corrected chi connectivity index (χ0v) is 12.9. The zero-order valence-electron chi connectivity index (χ0n) is 12.2. The Hall–Kier alpha value is -1.42. The summed E-state index contributed by atoms with van der Waals surface area (Å²) in [5.74, 6) is 0. The summed E-state index contributed by atoms with van der Waals surface area (Å²) in [6, 6.07) is 14.4. The zero-order chi connectivity index (χ0) is 14.5. The number of quaternary nitrogens is 2. The SMILES string of the molecule is Clc1ccccc1C[NH+]1CC[NH+](Cc2ccccn2)CC1. The van der Waals surface area contributed by atoms with Gasteiger partial charge in [0, 0.05) is 16.8 Å². The molecule has 3 rings (SSSR count). The fraction of sp³-hybridized carbons (Fsp3) is 0.353. The van der Waals surface area contributed by atoms with Gasteiger partial charge in [-0.05, 0) is 18.2 Å². The maximum atomic E-state index is 6.25. The summed E-state index contributed by atoms with van der Waals surface area (Å²) >= 11 is 6.25. The second-order valence-electron chi connectivity index (χ2n) is 5.77. The predicted octanol–water partition coefficient (Wildman–Crippen LogP) is 0.219. The molecule has 1 aliphatic rings. The van der Waals surface area contributed by atoms with E-state index in [2.05, 4.69) is 29.2 Å². The highest BCUT2D eigenvalue weighted by Gasteiger charge is 2.23. The van der Waals surface area contributed by atoms with Gasteiger partial charge in [-0.15, -0.1) is 0 Å². The first-order valence-electron chi connectivity index (χ1n) is 7.62. The molecule has 0 spiro atoms. The van der Waals surface area contributed by atoms with Crippen molar-refractivity contribution in [3.05, 3.63) is 64.9 Å². The molecular weight excluding hydrogens is 282 g/mol. The molecule has 0 amide bonds. The number of pyridine rings is 1. The Morgan fingerprint density at radius 3 is 2.19 bits per heavy atom. The molecule has 1 aromatic carbocycles. The Bertz CT molecular complexity index is 565. The first-order chi connectivity index (χ1) is 10.3. The summed E-state index contributed by atoms with van der Waals surface area (Å²) < 4.78 is 0. The molecule has 0 saturated carbocycles. The smallest absolute Gasteiger partial charge is 0.127 e. The highest BCUT2D eigenvalue weighted by Crippen LogP contribution is 2.13. The van der Waals surface area contributed by atoms with Gasteiger partial charge in [-0.2, -0.15) is 0 Å². The van der Waals surface area contributed by atoms with E-state index in [0.29, 0.717) is 0 Å². The molecule has 0 unspecified atom stereocenters. The molecule has 0 radical (unpaired) electrons. The van der Waals surface area contributed by atoms with Crippen LogP contribution in [0.2, 0.25) is 5.02 Å². The van der Waals surface area contributed by atoms with Crippen LogP contribution >= 0.6 is 11.6 Å². The Morgan fingerprint density at radius 2 is 1.52 bits per heavy atom. The van der Waals surface area contributed by atoms with Gasteiger partial charge in [0.05, 0.1) is 5.69 Å². The molecule has 2 N–H and O–H groups in total. The highest BCUT2D eigenvalue weighted by atomic mass is 35.5. The number of piperazine rings is 1. The Kier molecular flexibility index (Phi) is 4.86. The number of halogens is 1. The molecule has 2 heterocycles. The maximum absolute atomic E-state index is 6.25. The summed E-state index contributed by atoms with van der Waals surface area (Å²) in [4.78, 5) is 7.69. The van der Waals surface area contributed by atoms with Gasteiger partial charge in [-0.25, -0.2) is 0 Å². The number of nitrogens with one attached hydrogen (secondary N) is 2. The van der Waals surface area contributed by atoms with Gasteiger partial charge in [0.1, 0.15) is 39.3 Å². The molecule has 1 saturated heterocycles. The normalized spacial score (nSPS) is 22.1. The molecule has 110 valence electrons. The number of nitrogens with zero attached hydrogens (tertiary/aromatic N) is 1. The minimum Gasteiger partial charge on any atom is -0.322 e. The van der Waals surface area contributed by atoms with Crippen LogP contribution in [0.15, 0.2) is 48.7 Å². The molecule has 0 atom stereocenters. The molecule has 1 fully saturated rings. The van der Waals surface area contributed by atoms with E-state index in [9.17, 15) is 0 Å². The van der Waals surface area contributed by atoms with Crippen molar-refractivity contribution < 1.29 is 9.80 Å². The van der Waals surface area contributed by atoms with Crippen LogP contribution in [0, 0.1) is 0 Å². The first-order valence-corrected chi connectivity index (χ1v) is 7.99.